The number of halogens is 3. The molecule has 0 aliphatic carbocycles. The summed E-state index contributed by atoms with van der Waals surface area (Å²) in [6.07, 6.45) is -4.66. The molecule has 6 nitrogen and oxygen atoms in total. The average molecular weight is 418 g/mol. The van der Waals surface area contributed by atoms with Crippen molar-refractivity contribution in [3.63, 3.8) is 0 Å². The number of nitro benzene ring substituents is 1. The van der Waals surface area contributed by atoms with E-state index < -0.39 is 37.0 Å². The van der Waals surface area contributed by atoms with Gasteiger partial charge in [0.15, 0.2) is 0 Å². The summed E-state index contributed by atoms with van der Waals surface area (Å²) in [6.45, 7) is 0.0939. The Hall–Kier alpha value is -2.11. The van der Waals surface area contributed by atoms with E-state index in [-0.39, 0.29) is 12.2 Å². The molecule has 11 heteroatoms. The Labute approximate surface area is 157 Å². The normalized spacial score (nSPS) is 18.6. The number of hydrogen-bond donors (Lipinski definition) is 0. The fourth-order valence-corrected chi connectivity index (χ4v) is 6.00. The number of nitro groups is 1. The minimum atomic E-state index is -4.66. The molecule has 1 saturated heterocycles. The van der Waals surface area contributed by atoms with E-state index in [0.29, 0.717) is 17.4 Å². The first-order valence-electron chi connectivity index (χ1n) is 7.66. The van der Waals surface area contributed by atoms with Gasteiger partial charge in [-0.2, -0.15) is 17.5 Å². The zero-order valence-electron chi connectivity index (χ0n) is 13.6. The second kappa shape index (κ2) is 7.13. The minimum absolute atomic E-state index is 0.0939. The standard InChI is InChI=1S/C16H13F3N2O4S2/c17-16(18,19)12-4-2-6-14(10-12)27(24,25)20-7-8-26-15(20)11-3-1-5-13(9-11)21(22)23/h1-6,9-10,15H,7-8H2/t15-/m0/s1. The van der Waals surface area contributed by atoms with Crippen molar-refractivity contribution in [1.29, 1.82) is 0 Å². The van der Waals surface area contributed by atoms with Crippen molar-refractivity contribution in [3.8, 4) is 0 Å². The van der Waals surface area contributed by atoms with Crippen molar-refractivity contribution < 1.29 is 26.5 Å². The molecule has 2 aromatic rings. The molecule has 0 aromatic heterocycles. The van der Waals surface area contributed by atoms with E-state index in [4.69, 9.17) is 0 Å². The SMILES string of the molecule is O=[N+]([O-])c1cccc([C@@H]2SCCN2S(=O)(=O)c2cccc(C(F)(F)F)c2)c1. The van der Waals surface area contributed by atoms with Crippen LogP contribution in [0.2, 0.25) is 0 Å². The van der Waals surface area contributed by atoms with Gasteiger partial charge in [0.05, 0.1) is 20.8 Å². The van der Waals surface area contributed by atoms with Gasteiger partial charge in [-0.05, 0) is 23.8 Å². The average Bonchev–Trinajstić information content (AvgIpc) is 3.12. The molecular weight excluding hydrogens is 405 g/mol. The van der Waals surface area contributed by atoms with Gasteiger partial charge in [-0.25, -0.2) is 8.42 Å². The third-order valence-electron chi connectivity index (χ3n) is 3.98. The maximum absolute atomic E-state index is 12.9. The summed E-state index contributed by atoms with van der Waals surface area (Å²) in [5.74, 6) is 0.422. The molecule has 0 spiro atoms. The van der Waals surface area contributed by atoms with Gasteiger partial charge in [-0.1, -0.05) is 18.2 Å². The molecule has 27 heavy (non-hydrogen) atoms. The molecule has 2 aromatic carbocycles. The highest BCUT2D eigenvalue weighted by Gasteiger charge is 2.38. The van der Waals surface area contributed by atoms with Crippen molar-refractivity contribution in [2.75, 3.05) is 12.3 Å². The minimum Gasteiger partial charge on any atom is -0.258 e. The van der Waals surface area contributed by atoms with Gasteiger partial charge < -0.3 is 0 Å². The lowest BCUT2D eigenvalue weighted by Gasteiger charge is -2.23. The molecule has 3 rings (SSSR count). The summed E-state index contributed by atoms with van der Waals surface area (Å²) in [4.78, 5) is 9.91. The van der Waals surface area contributed by atoms with E-state index in [2.05, 4.69) is 0 Å². The Balaban J connectivity index is 1.99. The molecule has 0 amide bonds. The molecule has 0 unspecified atom stereocenters. The van der Waals surface area contributed by atoms with Crippen LogP contribution in [0.5, 0.6) is 0 Å². The van der Waals surface area contributed by atoms with E-state index in [1.54, 1.807) is 6.07 Å². The van der Waals surface area contributed by atoms with Crippen LogP contribution in [0.4, 0.5) is 18.9 Å². The number of non-ortho nitro benzene ring substituents is 1. The maximum atomic E-state index is 12.9. The van der Waals surface area contributed by atoms with Crippen molar-refractivity contribution in [2.24, 2.45) is 0 Å². The number of benzene rings is 2. The van der Waals surface area contributed by atoms with Crippen LogP contribution in [0.15, 0.2) is 53.4 Å². The summed E-state index contributed by atoms with van der Waals surface area (Å²) in [5.41, 5.74) is -0.832. The predicted octanol–water partition coefficient (Wildman–Crippen LogP) is 4.05. The molecule has 1 aliphatic heterocycles. The van der Waals surface area contributed by atoms with Crippen LogP contribution < -0.4 is 0 Å². The number of alkyl halides is 3. The third-order valence-corrected chi connectivity index (χ3v) is 7.24. The van der Waals surface area contributed by atoms with Gasteiger partial charge in [0.25, 0.3) is 5.69 Å². The molecular formula is C16H13F3N2O4S2. The fourth-order valence-electron chi connectivity index (χ4n) is 2.72. The summed E-state index contributed by atoms with van der Waals surface area (Å²) >= 11 is 1.26. The van der Waals surface area contributed by atoms with Crippen LogP contribution in [-0.2, 0) is 16.2 Å². The van der Waals surface area contributed by atoms with Crippen LogP contribution in [0.25, 0.3) is 0 Å². The quantitative estimate of drug-likeness (QED) is 0.553. The Morgan fingerprint density at radius 1 is 1.15 bits per heavy atom. The molecule has 1 aliphatic rings. The Morgan fingerprint density at radius 2 is 1.85 bits per heavy atom. The summed E-state index contributed by atoms with van der Waals surface area (Å²) in [5, 5.41) is 10.2. The topological polar surface area (TPSA) is 80.5 Å². The van der Waals surface area contributed by atoms with Crippen LogP contribution >= 0.6 is 11.8 Å². The largest absolute Gasteiger partial charge is 0.416 e. The summed E-state index contributed by atoms with van der Waals surface area (Å²) < 4.78 is 65.7. The van der Waals surface area contributed by atoms with Gasteiger partial charge in [0.1, 0.15) is 0 Å². The molecule has 1 atom stereocenters. The maximum Gasteiger partial charge on any atom is 0.416 e. The van der Waals surface area contributed by atoms with E-state index in [0.717, 1.165) is 22.5 Å². The van der Waals surface area contributed by atoms with Gasteiger partial charge in [-0.3, -0.25) is 10.1 Å². The van der Waals surface area contributed by atoms with E-state index in [1.165, 1.54) is 30.0 Å². The van der Waals surface area contributed by atoms with Gasteiger partial charge >= 0.3 is 6.18 Å². The molecule has 1 heterocycles. The smallest absolute Gasteiger partial charge is 0.258 e. The second-order valence-electron chi connectivity index (χ2n) is 5.72. The Kier molecular flexibility index (Phi) is 5.19. The zero-order valence-corrected chi connectivity index (χ0v) is 15.2. The lowest BCUT2D eigenvalue weighted by molar-refractivity contribution is -0.384. The molecule has 0 N–H and O–H groups in total. The zero-order chi connectivity index (χ0) is 19.8. The van der Waals surface area contributed by atoms with E-state index >= 15 is 0 Å². The fraction of sp³-hybridized carbons (Fsp3) is 0.250. The molecule has 0 radical (unpaired) electrons. The highest BCUT2D eigenvalue weighted by molar-refractivity contribution is 8.01. The first-order chi connectivity index (χ1) is 12.6. The van der Waals surface area contributed by atoms with E-state index in [1.807, 2.05) is 0 Å². The number of nitrogens with zero attached hydrogens (tertiary/aromatic N) is 2. The first kappa shape index (κ1) is 19.6. The molecule has 144 valence electrons. The molecule has 0 bridgehead atoms. The Bertz CT molecular complexity index is 980. The van der Waals surface area contributed by atoms with Crippen molar-refractivity contribution in [1.82, 2.24) is 4.31 Å². The molecule has 1 fully saturated rings. The third kappa shape index (κ3) is 3.94. The highest BCUT2D eigenvalue weighted by atomic mass is 32.2. The van der Waals surface area contributed by atoms with Crippen molar-refractivity contribution >= 4 is 27.5 Å². The monoisotopic (exact) mass is 418 g/mol. The van der Waals surface area contributed by atoms with Crippen LogP contribution in [0, 0.1) is 10.1 Å². The van der Waals surface area contributed by atoms with Crippen molar-refractivity contribution in [3.05, 3.63) is 69.8 Å². The Morgan fingerprint density at radius 3 is 2.52 bits per heavy atom. The van der Waals surface area contributed by atoms with Gasteiger partial charge in [0, 0.05) is 24.4 Å². The van der Waals surface area contributed by atoms with Crippen LogP contribution in [-0.4, -0.2) is 29.9 Å². The lowest BCUT2D eigenvalue weighted by atomic mass is 10.2. The second-order valence-corrected chi connectivity index (χ2v) is 8.80. The number of hydrogen-bond acceptors (Lipinski definition) is 5. The van der Waals surface area contributed by atoms with E-state index in [9.17, 15) is 31.7 Å². The first-order valence-corrected chi connectivity index (χ1v) is 10.1. The summed E-state index contributed by atoms with van der Waals surface area (Å²) in [6, 6.07) is 9.12. The predicted molar refractivity (Wildman–Crippen MR) is 93.6 cm³/mol. The number of rotatable bonds is 4. The summed E-state index contributed by atoms with van der Waals surface area (Å²) in [7, 11) is -4.21. The highest BCUT2D eigenvalue weighted by Crippen LogP contribution is 2.42. The van der Waals surface area contributed by atoms with Gasteiger partial charge in [-0.15, -0.1) is 11.8 Å². The number of sulfonamides is 1. The van der Waals surface area contributed by atoms with Crippen LogP contribution in [0.1, 0.15) is 16.5 Å². The molecule has 0 saturated carbocycles. The van der Waals surface area contributed by atoms with Crippen molar-refractivity contribution in [2.45, 2.75) is 16.4 Å². The van der Waals surface area contributed by atoms with Gasteiger partial charge in [0.2, 0.25) is 10.0 Å². The number of thioether (sulfide) groups is 1. The lowest BCUT2D eigenvalue weighted by Crippen LogP contribution is -2.30. The van der Waals surface area contributed by atoms with Crippen LogP contribution in [0.3, 0.4) is 0 Å².